The fraction of sp³-hybridized carbons (Fsp3) is 0.760. The number of aryl methyl sites for hydroxylation is 1. The molecule has 0 amide bonds. The van der Waals surface area contributed by atoms with Crippen molar-refractivity contribution < 1.29 is 18.7 Å². The molecule has 3 atom stereocenters. The number of thioether (sulfide) groups is 1. The monoisotopic (exact) mass is 481 g/mol. The quantitative estimate of drug-likeness (QED) is 0.197. The number of carbonyl (C=O) groups is 1. The molecule has 1 aliphatic rings. The first kappa shape index (κ1) is 27.2. The van der Waals surface area contributed by atoms with Crippen molar-refractivity contribution in [3.8, 4) is 5.88 Å². The summed E-state index contributed by atoms with van der Waals surface area (Å²) in [6, 6.07) is 4.09. The topological polar surface area (TPSA) is 57.7 Å². The van der Waals surface area contributed by atoms with E-state index in [0.29, 0.717) is 5.88 Å². The molecule has 5 nitrogen and oxygen atoms in total. The Morgan fingerprint density at radius 1 is 1.25 bits per heavy atom. The molecule has 1 saturated carbocycles. The molecule has 2 rings (SSSR count). The predicted octanol–water partition coefficient (Wildman–Crippen LogP) is 6.78. The first-order chi connectivity index (χ1) is 14.9. The summed E-state index contributed by atoms with van der Waals surface area (Å²) >= 11 is 1.71. The molecular formula is C25H43NO4SSi. The Bertz CT molecular complexity index is 750. The summed E-state index contributed by atoms with van der Waals surface area (Å²) < 4.78 is 17.6. The van der Waals surface area contributed by atoms with E-state index in [-0.39, 0.29) is 28.3 Å². The van der Waals surface area contributed by atoms with Gasteiger partial charge in [0.2, 0.25) is 5.88 Å². The van der Waals surface area contributed by atoms with E-state index in [1.54, 1.807) is 11.8 Å². The molecule has 1 fully saturated rings. The Morgan fingerprint density at radius 2 is 1.97 bits per heavy atom. The van der Waals surface area contributed by atoms with Gasteiger partial charge in [0.05, 0.1) is 24.0 Å². The number of esters is 1. The second kappa shape index (κ2) is 11.9. The van der Waals surface area contributed by atoms with Gasteiger partial charge in [-0.3, -0.25) is 4.79 Å². The third kappa shape index (κ3) is 7.77. The zero-order valence-corrected chi connectivity index (χ0v) is 23.1. The molecule has 0 aromatic carbocycles. The van der Waals surface area contributed by atoms with Crippen LogP contribution in [0.4, 0.5) is 0 Å². The van der Waals surface area contributed by atoms with Gasteiger partial charge in [-0.2, -0.15) is 0 Å². The molecule has 0 N–H and O–H groups in total. The van der Waals surface area contributed by atoms with Gasteiger partial charge in [0, 0.05) is 17.6 Å². The second-order valence-electron chi connectivity index (χ2n) is 10.5. The van der Waals surface area contributed by atoms with Gasteiger partial charge in [0.15, 0.2) is 8.32 Å². The third-order valence-electron chi connectivity index (χ3n) is 6.79. The van der Waals surface area contributed by atoms with Gasteiger partial charge in [0.1, 0.15) is 0 Å². The van der Waals surface area contributed by atoms with Crippen LogP contribution in [0.25, 0.3) is 0 Å². The average Bonchev–Trinajstić information content (AvgIpc) is 3.16. The minimum absolute atomic E-state index is 0.0440. The number of methoxy groups -OCH3 is 1. The van der Waals surface area contributed by atoms with Crippen LogP contribution in [0.3, 0.4) is 0 Å². The normalized spacial score (nSPS) is 20.2. The number of hydrogen-bond acceptors (Lipinski definition) is 6. The lowest BCUT2D eigenvalue weighted by atomic mass is 10.1. The maximum Gasteiger partial charge on any atom is 0.309 e. The van der Waals surface area contributed by atoms with Gasteiger partial charge in [-0.05, 0) is 76.2 Å². The number of pyridine rings is 1. The fourth-order valence-electron chi connectivity index (χ4n) is 3.67. The molecule has 1 aromatic rings. The van der Waals surface area contributed by atoms with Crippen molar-refractivity contribution in [2.24, 2.45) is 5.92 Å². The summed E-state index contributed by atoms with van der Waals surface area (Å²) in [6.45, 7) is 16.4. The summed E-state index contributed by atoms with van der Waals surface area (Å²) in [7, 11) is -0.193. The van der Waals surface area contributed by atoms with Crippen molar-refractivity contribution in [2.45, 2.75) is 108 Å². The zero-order chi connectivity index (χ0) is 23.9. The number of ether oxygens (including phenoxy) is 2. The molecule has 0 bridgehead atoms. The minimum atomic E-state index is -1.67. The number of hydrogen-bond donors (Lipinski definition) is 0. The van der Waals surface area contributed by atoms with Crippen LogP contribution in [-0.4, -0.2) is 44.3 Å². The van der Waals surface area contributed by atoms with Crippen LogP contribution in [0.5, 0.6) is 5.88 Å². The highest BCUT2D eigenvalue weighted by atomic mass is 32.2. The number of aromatic nitrogens is 1. The van der Waals surface area contributed by atoms with Crippen molar-refractivity contribution in [3.63, 3.8) is 0 Å². The highest BCUT2D eigenvalue weighted by Gasteiger charge is 2.37. The SMILES string of the molecule is COC(=O)[C@H]1CCC[C@H]1Sc1ccc(C)nc1O[C@H](C)CCCCO[Si](C)(C)C(C)(C)C. The van der Waals surface area contributed by atoms with Crippen LogP contribution in [0.15, 0.2) is 17.0 Å². The Morgan fingerprint density at radius 3 is 2.62 bits per heavy atom. The molecule has 182 valence electrons. The standard InChI is InChI=1S/C25H43NO4SSi/c1-18-15-16-22(31-21-14-11-13-20(21)24(27)28-6)23(26-18)30-19(2)12-9-10-17-29-32(7,8)25(3,4)5/h15-16,19-21H,9-14,17H2,1-8H3/t19-,20+,21-/m1/s1. The highest BCUT2D eigenvalue weighted by molar-refractivity contribution is 8.00. The maximum absolute atomic E-state index is 12.1. The van der Waals surface area contributed by atoms with Crippen LogP contribution in [0.1, 0.15) is 71.9 Å². The molecule has 1 aromatic heterocycles. The molecule has 7 heteroatoms. The van der Waals surface area contributed by atoms with Crippen LogP contribution in [0.2, 0.25) is 18.1 Å². The largest absolute Gasteiger partial charge is 0.474 e. The molecule has 0 saturated heterocycles. The van der Waals surface area contributed by atoms with E-state index in [1.807, 2.05) is 13.0 Å². The highest BCUT2D eigenvalue weighted by Crippen LogP contribution is 2.42. The average molecular weight is 482 g/mol. The van der Waals surface area contributed by atoms with Crippen molar-refractivity contribution in [2.75, 3.05) is 13.7 Å². The zero-order valence-electron chi connectivity index (χ0n) is 21.3. The van der Waals surface area contributed by atoms with Crippen LogP contribution in [-0.2, 0) is 14.0 Å². The van der Waals surface area contributed by atoms with Gasteiger partial charge in [0.25, 0.3) is 0 Å². The molecule has 0 unspecified atom stereocenters. The Kier molecular flexibility index (Phi) is 10.1. The summed E-state index contributed by atoms with van der Waals surface area (Å²) in [5.74, 6) is 0.545. The molecule has 0 spiro atoms. The van der Waals surface area contributed by atoms with Crippen LogP contribution >= 0.6 is 11.8 Å². The van der Waals surface area contributed by atoms with E-state index >= 15 is 0 Å². The Labute approximate surface area is 200 Å². The third-order valence-corrected chi connectivity index (χ3v) is 12.8. The van der Waals surface area contributed by atoms with E-state index in [4.69, 9.17) is 13.9 Å². The molecule has 1 heterocycles. The smallest absolute Gasteiger partial charge is 0.309 e. The van der Waals surface area contributed by atoms with E-state index in [9.17, 15) is 4.79 Å². The number of nitrogens with zero attached hydrogens (tertiary/aromatic N) is 1. The Balaban J connectivity index is 1.88. The summed E-state index contributed by atoms with van der Waals surface area (Å²) in [6.07, 6.45) is 6.13. The molecular weight excluding hydrogens is 438 g/mol. The van der Waals surface area contributed by atoms with Gasteiger partial charge in [-0.1, -0.05) is 27.2 Å². The maximum atomic E-state index is 12.1. The number of carbonyl (C=O) groups excluding carboxylic acids is 1. The van der Waals surface area contributed by atoms with Gasteiger partial charge >= 0.3 is 5.97 Å². The van der Waals surface area contributed by atoms with Gasteiger partial charge in [-0.15, -0.1) is 11.8 Å². The van der Waals surface area contributed by atoms with Crippen LogP contribution in [0, 0.1) is 12.8 Å². The van der Waals surface area contributed by atoms with E-state index in [0.717, 1.165) is 55.7 Å². The lowest BCUT2D eigenvalue weighted by Gasteiger charge is -2.36. The lowest BCUT2D eigenvalue weighted by molar-refractivity contribution is -0.144. The summed E-state index contributed by atoms with van der Waals surface area (Å²) in [5.41, 5.74) is 0.940. The minimum Gasteiger partial charge on any atom is -0.474 e. The molecule has 0 aliphatic heterocycles. The van der Waals surface area contributed by atoms with Gasteiger partial charge < -0.3 is 13.9 Å². The molecule has 0 radical (unpaired) electrons. The first-order valence-electron chi connectivity index (χ1n) is 12.0. The van der Waals surface area contributed by atoms with Crippen molar-refractivity contribution in [3.05, 3.63) is 17.8 Å². The van der Waals surface area contributed by atoms with E-state index in [2.05, 4.69) is 51.8 Å². The fourth-order valence-corrected chi connectivity index (χ4v) is 6.12. The summed E-state index contributed by atoms with van der Waals surface area (Å²) in [5, 5.41) is 0.470. The van der Waals surface area contributed by atoms with Crippen molar-refractivity contribution in [1.82, 2.24) is 4.98 Å². The van der Waals surface area contributed by atoms with Crippen molar-refractivity contribution >= 4 is 26.0 Å². The Hall–Kier alpha value is -1.05. The molecule has 32 heavy (non-hydrogen) atoms. The van der Waals surface area contributed by atoms with E-state index in [1.165, 1.54) is 7.11 Å². The first-order valence-corrected chi connectivity index (χ1v) is 15.8. The number of unbranched alkanes of at least 4 members (excludes halogenated alkanes) is 1. The predicted molar refractivity (Wildman–Crippen MR) is 135 cm³/mol. The second-order valence-corrected chi connectivity index (χ2v) is 16.6. The van der Waals surface area contributed by atoms with Gasteiger partial charge in [-0.25, -0.2) is 4.98 Å². The molecule has 1 aliphatic carbocycles. The van der Waals surface area contributed by atoms with E-state index < -0.39 is 8.32 Å². The number of rotatable bonds is 11. The van der Waals surface area contributed by atoms with Crippen LogP contribution < -0.4 is 4.74 Å². The summed E-state index contributed by atoms with van der Waals surface area (Å²) in [4.78, 5) is 17.8. The van der Waals surface area contributed by atoms with Crippen molar-refractivity contribution in [1.29, 1.82) is 0 Å². The lowest BCUT2D eigenvalue weighted by Crippen LogP contribution is -2.40.